The van der Waals surface area contributed by atoms with E-state index < -0.39 is 10.0 Å². The Hall–Kier alpha value is -0.910. The zero-order valence-corrected chi connectivity index (χ0v) is 13.4. The summed E-state index contributed by atoms with van der Waals surface area (Å²) in [5.41, 5.74) is 1.13. The van der Waals surface area contributed by atoms with E-state index in [1.54, 1.807) is 26.0 Å². The summed E-state index contributed by atoms with van der Waals surface area (Å²) in [6.45, 7) is 7.77. The summed E-state index contributed by atoms with van der Waals surface area (Å²) in [5.74, 6) is 0.422. The predicted octanol–water partition coefficient (Wildman–Crippen LogP) is 2.18. The summed E-state index contributed by atoms with van der Waals surface area (Å²) >= 11 is 0. The molecule has 0 amide bonds. The van der Waals surface area contributed by atoms with Crippen LogP contribution in [0.5, 0.6) is 0 Å². The van der Waals surface area contributed by atoms with E-state index in [9.17, 15) is 8.42 Å². The Labute approximate surface area is 122 Å². The van der Waals surface area contributed by atoms with Crippen molar-refractivity contribution in [2.45, 2.75) is 45.1 Å². The number of rotatable bonds is 7. The summed E-state index contributed by atoms with van der Waals surface area (Å²) in [5, 5.41) is 9.06. The quantitative estimate of drug-likeness (QED) is 0.811. The zero-order valence-electron chi connectivity index (χ0n) is 12.6. The average molecular weight is 299 g/mol. The fourth-order valence-corrected chi connectivity index (χ4v) is 3.22. The topological polar surface area (TPSA) is 66.4 Å². The molecule has 1 aromatic rings. The summed E-state index contributed by atoms with van der Waals surface area (Å²) < 4.78 is 27.0. The van der Waals surface area contributed by atoms with Gasteiger partial charge in [-0.1, -0.05) is 32.9 Å². The van der Waals surface area contributed by atoms with Crippen LogP contribution in [0.25, 0.3) is 0 Å². The Morgan fingerprint density at radius 1 is 1.10 bits per heavy atom. The fraction of sp³-hybridized carbons (Fsp3) is 0.600. The van der Waals surface area contributed by atoms with Gasteiger partial charge in [-0.05, 0) is 42.9 Å². The molecule has 2 atom stereocenters. The first-order valence-corrected chi connectivity index (χ1v) is 8.46. The normalized spacial score (nSPS) is 15.3. The molecule has 0 spiro atoms. The Balaban J connectivity index is 2.82. The van der Waals surface area contributed by atoms with E-state index in [2.05, 4.69) is 18.6 Å². The van der Waals surface area contributed by atoms with Gasteiger partial charge in [-0.15, -0.1) is 0 Å². The standard InChI is InChI=1S/C15H25NO3S/c1-11(2)9-14-5-7-15(8-6-14)20(18,19)16-13(4)12(3)10-17/h5-8,11-13,16-17H,9-10H2,1-4H3. The van der Waals surface area contributed by atoms with Gasteiger partial charge in [0.1, 0.15) is 0 Å². The van der Waals surface area contributed by atoms with Crippen molar-refractivity contribution in [2.75, 3.05) is 6.61 Å². The van der Waals surface area contributed by atoms with Crippen molar-refractivity contribution in [3.8, 4) is 0 Å². The number of benzene rings is 1. The van der Waals surface area contributed by atoms with E-state index >= 15 is 0 Å². The first-order chi connectivity index (χ1) is 9.26. The second-order valence-corrected chi connectivity index (χ2v) is 7.53. The molecule has 2 N–H and O–H groups in total. The van der Waals surface area contributed by atoms with Gasteiger partial charge in [0.25, 0.3) is 0 Å². The van der Waals surface area contributed by atoms with Crippen LogP contribution in [0.3, 0.4) is 0 Å². The highest BCUT2D eigenvalue weighted by molar-refractivity contribution is 7.89. The maximum atomic E-state index is 12.2. The Bertz CT molecular complexity index is 508. The lowest BCUT2D eigenvalue weighted by Gasteiger charge is -2.19. The zero-order chi connectivity index (χ0) is 15.3. The minimum absolute atomic E-state index is 0.0446. The number of sulfonamides is 1. The van der Waals surface area contributed by atoms with Gasteiger partial charge >= 0.3 is 0 Å². The van der Waals surface area contributed by atoms with Crippen molar-refractivity contribution in [1.29, 1.82) is 0 Å². The van der Waals surface area contributed by atoms with Crippen molar-refractivity contribution in [3.05, 3.63) is 29.8 Å². The third kappa shape index (κ3) is 4.89. The highest BCUT2D eigenvalue weighted by Gasteiger charge is 2.20. The largest absolute Gasteiger partial charge is 0.396 e. The van der Waals surface area contributed by atoms with Gasteiger partial charge in [-0.3, -0.25) is 0 Å². The molecule has 2 unspecified atom stereocenters. The first-order valence-electron chi connectivity index (χ1n) is 6.98. The SMILES string of the molecule is CC(C)Cc1ccc(S(=O)(=O)NC(C)C(C)CO)cc1. The minimum Gasteiger partial charge on any atom is -0.396 e. The molecule has 0 aromatic heterocycles. The Morgan fingerprint density at radius 2 is 1.65 bits per heavy atom. The van der Waals surface area contributed by atoms with Crippen LogP contribution in [0.4, 0.5) is 0 Å². The number of aliphatic hydroxyl groups is 1. The van der Waals surface area contributed by atoms with Crippen LogP contribution in [0, 0.1) is 11.8 Å². The summed E-state index contributed by atoms with van der Waals surface area (Å²) in [6.07, 6.45) is 0.936. The van der Waals surface area contributed by atoms with Crippen LogP contribution in [0.15, 0.2) is 29.2 Å². The third-order valence-electron chi connectivity index (χ3n) is 3.36. The second kappa shape index (κ2) is 7.20. The van der Waals surface area contributed by atoms with Gasteiger partial charge in [0.15, 0.2) is 0 Å². The number of hydrogen-bond acceptors (Lipinski definition) is 3. The van der Waals surface area contributed by atoms with Crippen LogP contribution in [0.2, 0.25) is 0 Å². The number of hydrogen-bond donors (Lipinski definition) is 2. The lowest BCUT2D eigenvalue weighted by molar-refractivity contribution is 0.216. The summed E-state index contributed by atoms with van der Waals surface area (Å²) in [4.78, 5) is 0.266. The smallest absolute Gasteiger partial charge is 0.240 e. The maximum Gasteiger partial charge on any atom is 0.240 e. The number of aliphatic hydroxyl groups excluding tert-OH is 1. The van der Waals surface area contributed by atoms with Crippen LogP contribution in [-0.2, 0) is 16.4 Å². The molecule has 20 heavy (non-hydrogen) atoms. The van der Waals surface area contributed by atoms with E-state index in [0.29, 0.717) is 5.92 Å². The van der Waals surface area contributed by atoms with Crippen LogP contribution in [-0.4, -0.2) is 26.2 Å². The maximum absolute atomic E-state index is 12.2. The lowest BCUT2D eigenvalue weighted by atomic mass is 10.0. The van der Waals surface area contributed by atoms with Crippen molar-refractivity contribution in [2.24, 2.45) is 11.8 Å². The van der Waals surface area contributed by atoms with Crippen molar-refractivity contribution >= 4 is 10.0 Å². The predicted molar refractivity (Wildman–Crippen MR) is 81.0 cm³/mol. The molecule has 4 nitrogen and oxygen atoms in total. The summed E-state index contributed by atoms with van der Waals surface area (Å²) in [6, 6.07) is 6.68. The highest BCUT2D eigenvalue weighted by atomic mass is 32.2. The summed E-state index contributed by atoms with van der Waals surface area (Å²) in [7, 11) is -3.52. The third-order valence-corrected chi connectivity index (χ3v) is 4.94. The molecule has 1 rings (SSSR count). The molecule has 5 heteroatoms. The lowest BCUT2D eigenvalue weighted by Crippen LogP contribution is -2.38. The van der Waals surface area contributed by atoms with Crippen molar-refractivity contribution < 1.29 is 13.5 Å². The molecule has 0 heterocycles. The van der Waals surface area contributed by atoms with Gasteiger partial charge in [0.05, 0.1) is 4.90 Å². The van der Waals surface area contributed by atoms with E-state index in [1.165, 1.54) is 0 Å². The second-order valence-electron chi connectivity index (χ2n) is 5.81. The van der Waals surface area contributed by atoms with Crippen molar-refractivity contribution in [1.82, 2.24) is 4.72 Å². The molecule has 0 radical (unpaired) electrons. The molecule has 1 aromatic carbocycles. The molecule has 0 saturated heterocycles. The molecule has 0 bridgehead atoms. The molecule has 0 saturated carbocycles. The molecule has 0 fully saturated rings. The van der Waals surface area contributed by atoms with Gasteiger partial charge in [0, 0.05) is 12.6 Å². The van der Waals surface area contributed by atoms with E-state index in [-0.39, 0.29) is 23.5 Å². The van der Waals surface area contributed by atoms with Gasteiger partial charge < -0.3 is 5.11 Å². The van der Waals surface area contributed by atoms with E-state index in [0.717, 1.165) is 12.0 Å². The molecule has 0 aliphatic carbocycles. The van der Waals surface area contributed by atoms with Gasteiger partial charge in [-0.25, -0.2) is 13.1 Å². The molecule has 0 aliphatic heterocycles. The fourth-order valence-electron chi connectivity index (χ4n) is 1.86. The first kappa shape index (κ1) is 17.1. The monoisotopic (exact) mass is 299 g/mol. The van der Waals surface area contributed by atoms with Gasteiger partial charge in [-0.2, -0.15) is 0 Å². The van der Waals surface area contributed by atoms with E-state index in [1.807, 2.05) is 12.1 Å². The van der Waals surface area contributed by atoms with Crippen molar-refractivity contribution in [3.63, 3.8) is 0 Å². The number of nitrogens with one attached hydrogen (secondary N) is 1. The molecule has 0 aliphatic rings. The molecular weight excluding hydrogens is 274 g/mol. The van der Waals surface area contributed by atoms with Crippen LogP contribution >= 0.6 is 0 Å². The van der Waals surface area contributed by atoms with Crippen LogP contribution < -0.4 is 4.72 Å². The Morgan fingerprint density at radius 3 is 2.10 bits per heavy atom. The Kier molecular flexibility index (Phi) is 6.17. The molecule has 114 valence electrons. The van der Waals surface area contributed by atoms with E-state index in [4.69, 9.17) is 5.11 Å². The van der Waals surface area contributed by atoms with Gasteiger partial charge in [0.2, 0.25) is 10.0 Å². The van der Waals surface area contributed by atoms with Crippen LogP contribution in [0.1, 0.15) is 33.3 Å². The average Bonchev–Trinajstić information content (AvgIpc) is 2.37. The molecular formula is C15H25NO3S. The minimum atomic E-state index is -3.52. The highest BCUT2D eigenvalue weighted by Crippen LogP contribution is 2.15.